The van der Waals surface area contributed by atoms with E-state index >= 15 is 0 Å². The zero-order valence-electron chi connectivity index (χ0n) is 9.67. The van der Waals surface area contributed by atoms with Gasteiger partial charge in [-0.1, -0.05) is 43.1 Å². The Kier molecular flexibility index (Phi) is 4.25. The van der Waals surface area contributed by atoms with Crippen LogP contribution in [0.2, 0.25) is 0 Å². The predicted octanol–water partition coefficient (Wildman–Crippen LogP) is 2.98. The number of benzene rings is 2. The van der Waals surface area contributed by atoms with Crippen molar-refractivity contribution in [3.63, 3.8) is 0 Å². The fourth-order valence-electron chi connectivity index (χ4n) is 1.57. The highest BCUT2D eigenvalue weighted by molar-refractivity contribution is 7.78. The maximum atomic E-state index is 11.2. The third kappa shape index (κ3) is 3.53. The van der Waals surface area contributed by atoms with Crippen LogP contribution in [0.4, 0.5) is 0 Å². The number of hydrogen-bond donors (Lipinski definition) is 2. The molecule has 1 amide bonds. The second-order valence-electron chi connectivity index (χ2n) is 3.77. The number of hydrogen-bond acceptors (Lipinski definition) is 3. The van der Waals surface area contributed by atoms with Crippen molar-refractivity contribution >= 4 is 18.7 Å². The van der Waals surface area contributed by atoms with Crippen molar-refractivity contribution in [1.82, 2.24) is 4.72 Å². The Labute approximate surface area is 111 Å². The average Bonchev–Trinajstić information content (AvgIpc) is 2.40. The van der Waals surface area contributed by atoms with Crippen molar-refractivity contribution < 1.29 is 9.53 Å². The third-order valence-electron chi connectivity index (χ3n) is 2.37. The van der Waals surface area contributed by atoms with E-state index in [0.29, 0.717) is 5.75 Å². The van der Waals surface area contributed by atoms with E-state index in [1.54, 1.807) is 0 Å². The van der Waals surface area contributed by atoms with Gasteiger partial charge in [0.1, 0.15) is 11.5 Å². The molecule has 1 N–H and O–H groups in total. The van der Waals surface area contributed by atoms with Gasteiger partial charge in [-0.3, -0.25) is 4.79 Å². The quantitative estimate of drug-likeness (QED) is 0.828. The standard InChI is InChI=1S/C14H13NO2S/c16-14(15-18)10-11-5-4-8-13(9-11)17-12-6-2-1-3-7-12/h1-9,18H,10H2,(H,15,16). The van der Waals surface area contributed by atoms with Crippen molar-refractivity contribution in [2.45, 2.75) is 6.42 Å². The summed E-state index contributed by atoms with van der Waals surface area (Å²) in [6, 6.07) is 17.0. The first-order chi connectivity index (χ1) is 8.78. The molecule has 4 heteroatoms. The molecule has 92 valence electrons. The van der Waals surface area contributed by atoms with Crippen LogP contribution in [-0.4, -0.2) is 5.91 Å². The van der Waals surface area contributed by atoms with Crippen LogP contribution in [0.3, 0.4) is 0 Å². The van der Waals surface area contributed by atoms with Gasteiger partial charge in [-0.2, -0.15) is 0 Å². The van der Waals surface area contributed by atoms with Crippen LogP contribution < -0.4 is 9.46 Å². The molecule has 0 saturated carbocycles. The Morgan fingerprint density at radius 1 is 1.06 bits per heavy atom. The average molecular weight is 259 g/mol. The molecule has 0 unspecified atom stereocenters. The van der Waals surface area contributed by atoms with Gasteiger partial charge < -0.3 is 9.46 Å². The number of amides is 1. The number of rotatable bonds is 4. The Hall–Kier alpha value is -1.94. The summed E-state index contributed by atoms with van der Waals surface area (Å²) >= 11 is 3.72. The highest BCUT2D eigenvalue weighted by Gasteiger charge is 2.03. The summed E-state index contributed by atoms with van der Waals surface area (Å²) in [4.78, 5) is 11.2. The molecule has 0 heterocycles. The highest BCUT2D eigenvalue weighted by Crippen LogP contribution is 2.21. The van der Waals surface area contributed by atoms with Gasteiger partial charge in [0.25, 0.3) is 0 Å². The Morgan fingerprint density at radius 3 is 2.50 bits per heavy atom. The monoisotopic (exact) mass is 259 g/mol. The zero-order valence-corrected chi connectivity index (χ0v) is 10.6. The molecule has 2 aromatic rings. The van der Waals surface area contributed by atoms with Crippen LogP contribution >= 0.6 is 12.8 Å². The Bertz CT molecular complexity index is 528. The molecule has 0 radical (unpaired) electrons. The number of carbonyl (C=O) groups is 1. The van der Waals surface area contributed by atoms with E-state index in [2.05, 4.69) is 17.5 Å². The first-order valence-electron chi connectivity index (χ1n) is 5.53. The molecule has 18 heavy (non-hydrogen) atoms. The fourth-order valence-corrected chi connectivity index (χ4v) is 1.65. The lowest BCUT2D eigenvalue weighted by atomic mass is 10.1. The van der Waals surface area contributed by atoms with E-state index in [4.69, 9.17) is 4.74 Å². The summed E-state index contributed by atoms with van der Waals surface area (Å²) in [7, 11) is 0. The second kappa shape index (κ2) is 6.12. The number of nitrogens with one attached hydrogen (secondary N) is 1. The number of carbonyl (C=O) groups excluding carboxylic acids is 1. The van der Waals surface area contributed by atoms with E-state index in [1.807, 2.05) is 54.6 Å². The van der Waals surface area contributed by atoms with Crippen molar-refractivity contribution in [2.24, 2.45) is 0 Å². The van der Waals surface area contributed by atoms with E-state index in [9.17, 15) is 4.79 Å². The van der Waals surface area contributed by atoms with Crippen LogP contribution in [0.5, 0.6) is 11.5 Å². The molecule has 0 aliphatic heterocycles. The Balaban J connectivity index is 2.10. The van der Waals surface area contributed by atoms with Gasteiger partial charge in [-0.25, -0.2) is 0 Å². The normalized spacial score (nSPS) is 9.83. The molecule has 0 atom stereocenters. The molecular weight excluding hydrogens is 246 g/mol. The topological polar surface area (TPSA) is 38.3 Å². The summed E-state index contributed by atoms with van der Waals surface area (Å²) < 4.78 is 7.98. The van der Waals surface area contributed by atoms with Gasteiger partial charge in [0.15, 0.2) is 0 Å². The lowest BCUT2D eigenvalue weighted by molar-refractivity contribution is -0.118. The van der Waals surface area contributed by atoms with Crippen molar-refractivity contribution in [3.8, 4) is 11.5 Å². The minimum atomic E-state index is -0.143. The van der Waals surface area contributed by atoms with Crippen LogP contribution in [0.15, 0.2) is 54.6 Å². The summed E-state index contributed by atoms with van der Waals surface area (Å²) in [6.07, 6.45) is 0.287. The molecule has 0 aliphatic carbocycles. The molecule has 0 spiro atoms. The van der Waals surface area contributed by atoms with Crippen molar-refractivity contribution in [3.05, 3.63) is 60.2 Å². The second-order valence-corrected chi connectivity index (χ2v) is 4.00. The van der Waals surface area contributed by atoms with Gasteiger partial charge in [-0.15, -0.1) is 0 Å². The molecule has 0 aromatic heterocycles. The fraction of sp³-hybridized carbons (Fsp3) is 0.0714. The summed E-state index contributed by atoms with van der Waals surface area (Å²) in [5.41, 5.74) is 0.884. The summed E-state index contributed by atoms with van der Waals surface area (Å²) in [6.45, 7) is 0. The molecule has 0 bridgehead atoms. The van der Waals surface area contributed by atoms with Gasteiger partial charge in [0, 0.05) is 0 Å². The maximum Gasteiger partial charge on any atom is 0.234 e. The number of ether oxygens (including phenoxy) is 1. The smallest absolute Gasteiger partial charge is 0.234 e. The van der Waals surface area contributed by atoms with Crippen LogP contribution in [0, 0.1) is 0 Å². The molecular formula is C14H13NO2S. The first-order valence-corrected chi connectivity index (χ1v) is 5.97. The minimum Gasteiger partial charge on any atom is -0.457 e. The van der Waals surface area contributed by atoms with Gasteiger partial charge in [0.2, 0.25) is 5.91 Å². The lowest BCUT2D eigenvalue weighted by Gasteiger charge is -2.07. The minimum absolute atomic E-state index is 0.143. The molecule has 2 rings (SSSR count). The van der Waals surface area contributed by atoms with E-state index in [1.165, 1.54) is 0 Å². The first kappa shape index (κ1) is 12.5. The SMILES string of the molecule is O=C(Cc1cccc(Oc2ccccc2)c1)NS. The zero-order chi connectivity index (χ0) is 12.8. The largest absolute Gasteiger partial charge is 0.457 e. The molecule has 2 aromatic carbocycles. The molecule has 0 saturated heterocycles. The highest BCUT2D eigenvalue weighted by atomic mass is 32.1. The third-order valence-corrected chi connectivity index (χ3v) is 2.62. The molecule has 0 aliphatic rings. The van der Waals surface area contributed by atoms with Crippen LogP contribution in [0.25, 0.3) is 0 Å². The van der Waals surface area contributed by atoms with Crippen LogP contribution in [-0.2, 0) is 11.2 Å². The summed E-state index contributed by atoms with van der Waals surface area (Å²) in [5.74, 6) is 1.34. The summed E-state index contributed by atoms with van der Waals surface area (Å²) in [5, 5.41) is 0. The van der Waals surface area contributed by atoms with Crippen molar-refractivity contribution in [1.29, 1.82) is 0 Å². The van der Waals surface area contributed by atoms with Gasteiger partial charge in [0.05, 0.1) is 6.42 Å². The van der Waals surface area contributed by atoms with Crippen LogP contribution in [0.1, 0.15) is 5.56 Å². The molecule has 0 fully saturated rings. The van der Waals surface area contributed by atoms with Gasteiger partial charge >= 0.3 is 0 Å². The molecule has 3 nitrogen and oxygen atoms in total. The number of para-hydroxylation sites is 1. The number of thiol groups is 1. The van der Waals surface area contributed by atoms with E-state index in [-0.39, 0.29) is 12.3 Å². The van der Waals surface area contributed by atoms with Gasteiger partial charge in [-0.05, 0) is 29.8 Å². The van der Waals surface area contributed by atoms with E-state index in [0.717, 1.165) is 11.3 Å². The van der Waals surface area contributed by atoms with E-state index < -0.39 is 0 Å². The lowest BCUT2D eigenvalue weighted by Crippen LogP contribution is -2.14. The Morgan fingerprint density at radius 2 is 1.78 bits per heavy atom. The predicted molar refractivity (Wildman–Crippen MR) is 73.8 cm³/mol. The maximum absolute atomic E-state index is 11.2. The van der Waals surface area contributed by atoms with Crippen molar-refractivity contribution in [2.75, 3.05) is 0 Å².